The van der Waals surface area contributed by atoms with Gasteiger partial charge in [-0.05, 0) is 18.2 Å². The van der Waals surface area contributed by atoms with Gasteiger partial charge in [0.25, 0.3) is 0 Å². The third-order valence-corrected chi connectivity index (χ3v) is 3.50. The minimum atomic E-state index is -0.750. The summed E-state index contributed by atoms with van der Waals surface area (Å²) >= 11 is 0. The molecule has 0 saturated heterocycles. The Morgan fingerprint density at radius 3 is 2.40 bits per heavy atom. The molecular weight excluding hydrogens is 144 g/mol. The van der Waals surface area contributed by atoms with Gasteiger partial charge in [-0.1, -0.05) is 25.8 Å². The highest BCUT2D eigenvalue weighted by Crippen LogP contribution is 2.22. The second-order valence-corrected chi connectivity index (χ2v) is 4.41. The van der Waals surface area contributed by atoms with Crippen LogP contribution in [0, 0.1) is 0 Å². The Morgan fingerprint density at radius 1 is 1.30 bits per heavy atom. The van der Waals surface area contributed by atoms with Crippen LogP contribution in [0.3, 0.4) is 0 Å². The van der Waals surface area contributed by atoms with Crippen LogP contribution in [0.2, 0.25) is 0 Å². The van der Waals surface area contributed by atoms with Gasteiger partial charge >= 0.3 is 0 Å². The topological polar surface area (TPSA) is 17.1 Å². The SMILES string of the molecule is C=C[S@](=O)C1CCCCC1. The zero-order valence-electron chi connectivity index (χ0n) is 6.21. The van der Waals surface area contributed by atoms with E-state index in [1.54, 1.807) is 5.41 Å². The van der Waals surface area contributed by atoms with Crippen LogP contribution in [0.1, 0.15) is 32.1 Å². The highest BCUT2D eigenvalue weighted by atomic mass is 32.2. The molecule has 0 radical (unpaired) electrons. The predicted molar refractivity (Wildman–Crippen MR) is 45.2 cm³/mol. The van der Waals surface area contributed by atoms with E-state index in [-0.39, 0.29) is 0 Å². The molecule has 1 aliphatic rings. The summed E-state index contributed by atoms with van der Waals surface area (Å²) in [4.78, 5) is 0. The molecule has 0 aliphatic heterocycles. The third kappa shape index (κ3) is 1.94. The number of rotatable bonds is 2. The fraction of sp³-hybridized carbons (Fsp3) is 0.750. The van der Waals surface area contributed by atoms with Gasteiger partial charge < -0.3 is 0 Å². The molecule has 0 aromatic heterocycles. The van der Waals surface area contributed by atoms with Gasteiger partial charge in [0.2, 0.25) is 0 Å². The first kappa shape index (κ1) is 7.99. The lowest BCUT2D eigenvalue weighted by Gasteiger charge is -2.18. The van der Waals surface area contributed by atoms with Gasteiger partial charge in [0.15, 0.2) is 0 Å². The second-order valence-electron chi connectivity index (χ2n) is 2.76. The van der Waals surface area contributed by atoms with E-state index < -0.39 is 10.8 Å². The van der Waals surface area contributed by atoms with Crippen LogP contribution in [-0.2, 0) is 10.8 Å². The lowest BCUT2D eigenvalue weighted by molar-refractivity contribution is 0.506. The van der Waals surface area contributed by atoms with Crippen LogP contribution in [0.4, 0.5) is 0 Å². The van der Waals surface area contributed by atoms with E-state index in [1.807, 2.05) is 0 Å². The quantitative estimate of drug-likeness (QED) is 0.602. The minimum absolute atomic E-state index is 0.422. The average Bonchev–Trinajstić information content (AvgIpc) is 2.05. The van der Waals surface area contributed by atoms with Crippen LogP contribution in [0.25, 0.3) is 0 Å². The van der Waals surface area contributed by atoms with E-state index >= 15 is 0 Å². The lowest BCUT2D eigenvalue weighted by atomic mass is 10.0. The summed E-state index contributed by atoms with van der Waals surface area (Å²) in [7, 11) is -0.750. The summed E-state index contributed by atoms with van der Waals surface area (Å²) in [5.41, 5.74) is 0. The normalized spacial score (nSPS) is 24.0. The Bertz CT molecular complexity index is 136. The van der Waals surface area contributed by atoms with Crippen molar-refractivity contribution >= 4 is 10.8 Å². The van der Waals surface area contributed by atoms with E-state index in [1.165, 1.54) is 19.3 Å². The average molecular weight is 158 g/mol. The van der Waals surface area contributed by atoms with Crippen LogP contribution < -0.4 is 0 Å². The summed E-state index contributed by atoms with van der Waals surface area (Å²) < 4.78 is 11.2. The Labute approximate surface area is 65.0 Å². The van der Waals surface area contributed by atoms with Crippen LogP contribution in [-0.4, -0.2) is 9.46 Å². The highest BCUT2D eigenvalue weighted by molar-refractivity contribution is 7.88. The fourth-order valence-corrected chi connectivity index (χ4v) is 2.50. The van der Waals surface area contributed by atoms with Crippen molar-refractivity contribution < 1.29 is 4.21 Å². The maximum Gasteiger partial charge on any atom is 0.0481 e. The molecule has 1 aliphatic carbocycles. The molecule has 58 valence electrons. The second kappa shape index (κ2) is 3.91. The highest BCUT2D eigenvalue weighted by Gasteiger charge is 2.16. The van der Waals surface area contributed by atoms with Crippen molar-refractivity contribution in [2.45, 2.75) is 37.4 Å². The van der Waals surface area contributed by atoms with Gasteiger partial charge in [-0.3, -0.25) is 4.21 Å². The van der Waals surface area contributed by atoms with Crippen molar-refractivity contribution in [2.75, 3.05) is 0 Å². The maximum atomic E-state index is 11.2. The summed E-state index contributed by atoms with van der Waals surface area (Å²) in [5, 5.41) is 2.00. The number of hydrogen-bond donors (Lipinski definition) is 0. The van der Waals surface area contributed by atoms with E-state index in [0.29, 0.717) is 5.25 Å². The Kier molecular flexibility index (Phi) is 3.13. The monoisotopic (exact) mass is 158 g/mol. The fourth-order valence-electron chi connectivity index (χ4n) is 1.43. The Morgan fingerprint density at radius 2 is 1.90 bits per heavy atom. The van der Waals surface area contributed by atoms with Crippen LogP contribution in [0.5, 0.6) is 0 Å². The molecule has 0 bridgehead atoms. The zero-order valence-corrected chi connectivity index (χ0v) is 7.03. The largest absolute Gasteiger partial charge is 0.255 e. The molecular formula is C8H14OS. The van der Waals surface area contributed by atoms with Crippen molar-refractivity contribution in [3.05, 3.63) is 12.0 Å². The molecule has 1 atom stereocenters. The molecule has 1 nitrogen and oxygen atoms in total. The van der Waals surface area contributed by atoms with Crippen molar-refractivity contribution in [3.63, 3.8) is 0 Å². The smallest absolute Gasteiger partial charge is 0.0481 e. The lowest BCUT2D eigenvalue weighted by Crippen LogP contribution is -2.16. The van der Waals surface area contributed by atoms with E-state index in [9.17, 15) is 4.21 Å². The first-order valence-electron chi connectivity index (χ1n) is 3.86. The maximum absolute atomic E-state index is 11.2. The van der Waals surface area contributed by atoms with Crippen molar-refractivity contribution in [1.82, 2.24) is 0 Å². The molecule has 2 heteroatoms. The molecule has 0 amide bonds. The first-order valence-corrected chi connectivity index (χ1v) is 5.14. The molecule has 0 heterocycles. The minimum Gasteiger partial charge on any atom is -0.255 e. The van der Waals surface area contributed by atoms with Gasteiger partial charge in [0.1, 0.15) is 0 Å². The standard InChI is InChI=1S/C8H14OS/c1-2-10(9)8-6-4-3-5-7-8/h2,8H,1,3-7H2/t10-/m0/s1. The van der Waals surface area contributed by atoms with E-state index in [4.69, 9.17) is 0 Å². The van der Waals surface area contributed by atoms with Crippen molar-refractivity contribution in [2.24, 2.45) is 0 Å². The predicted octanol–water partition coefficient (Wildman–Crippen LogP) is 2.21. The molecule has 1 rings (SSSR count). The summed E-state index contributed by atoms with van der Waals surface area (Å²) in [5.74, 6) is 0. The van der Waals surface area contributed by atoms with Crippen LogP contribution in [0.15, 0.2) is 12.0 Å². The molecule has 1 saturated carbocycles. The van der Waals surface area contributed by atoms with Crippen molar-refractivity contribution in [3.8, 4) is 0 Å². The molecule has 1 fully saturated rings. The molecule has 0 unspecified atom stereocenters. The molecule has 10 heavy (non-hydrogen) atoms. The summed E-state index contributed by atoms with van der Waals surface area (Å²) in [6.45, 7) is 3.54. The molecule has 0 aromatic carbocycles. The first-order chi connectivity index (χ1) is 4.84. The van der Waals surface area contributed by atoms with Gasteiger partial charge in [0.05, 0.1) is 0 Å². The van der Waals surface area contributed by atoms with E-state index in [0.717, 1.165) is 12.8 Å². The van der Waals surface area contributed by atoms with Gasteiger partial charge in [-0.15, -0.1) is 0 Å². The van der Waals surface area contributed by atoms with Gasteiger partial charge in [0, 0.05) is 16.0 Å². The van der Waals surface area contributed by atoms with Gasteiger partial charge in [-0.25, -0.2) is 0 Å². The number of hydrogen-bond acceptors (Lipinski definition) is 1. The summed E-state index contributed by atoms with van der Waals surface area (Å²) in [6.07, 6.45) is 6.11. The Balaban J connectivity index is 2.38. The Hall–Kier alpha value is -0.110. The molecule has 0 spiro atoms. The summed E-state index contributed by atoms with van der Waals surface area (Å²) in [6, 6.07) is 0. The molecule has 0 aromatic rings. The zero-order chi connectivity index (χ0) is 7.40. The van der Waals surface area contributed by atoms with Crippen molar-refractivity contribution in [1.29, 1.82) is 0 Å². The molecule has 0 N–H and O–H groups in total. The third-order valence-electron chi connectivity index (χ3n) is 2.04. The van der Waals surface area contributed by atoms with Gasteiger partial charge in [-0.2, -0.15) is 0 Å². The van der Waals surface area contributed by atoms with Crippen LogP contribution >= 0.6 is 0 Å². The van der Waals surface area contributed by atoms with E-state index in [2.05, 4.69) is 6.58 Å².